The lowest BCUT2D eigenvalue weighted by Gasteiger charge is -2.35. The summed E-state index contributed by atoms with van der Waals surface area (Å²) in [5.41, 5.74) is 0. The van der Waals surface area contributed by atoms with E-state index in [9.17, 15) is 8.42 Å². The molecule has 0 aromatic carbocycles. The van der Waals surface area contributed by atoms with Crippen molar-refractivity contribution in [3.63, 3.8) is 0 Å². The van der Waals surface area contributed by atoms with Gasteiger partial charge in [0.2, 0.25) is 0 Å². The molecule has 5 nitrogen and oxygen atoms in total. The first-order valence-electron chi connectivity index (χ1n) is 8.61. The number of piperidine rings is 1. The molecule has 0 radical (unpaired) electrons. The van der Waals surface area contributed by atoms with E-state index in [1.165, 1.54) is 12.8 Å². The van der Waals surface area contributed by atoms with Gasteiger partial charge in [0.05, 0.1) is 0 Å². The number of hydrogen-bond donors (Lipinski definition) is 1. The average Bonchev–Trinajstić information content (AvgIpc) is 3.37. The predicted molar refractivity (Wildman–Crippen MR) is 84.3 cm³/mol. The number of hydrogen-bond acceptors (Lipinski definition) is 3. The van der Waals surface area contributed by atoms with Gasteiger partial charge in [-0.05, 0) is 57.4 Å². The second-order valence-corrected chi connectivity index (χ2v) is 8.76. The van der Waals surface area contributed by atoms with Crippen molar-refractivity contribution in [2.75, 3.05) is 26.2 Å². The van der Waals surface area contributed by atoms with E-state index >= 15 is 0 Å². The van der Waals surface area contributed by atoms with Crippen LogP contribution in [0.1, 0.15) is 51.9 Å². The summed E-state index contributed by atoms with van der Waals surface area (Å²) in [6, 6.07) is 1.03. The molecule has 6 heteroatoms. The van der Waals surface area contributed by atoms with Gasteiger partial charge in [-0.25, -0.2) is 0 Å². The molecule has 0 aromatic rings. The quantitative estimate of drug-likeness (QED) is 0.740. The van der Waals surface area contributed by atoms with Crippen LogP contribution >= 0.6 is 0 Å². The minimum absolute atomic E-state index is 0.282. The average molecular weight is 315 g/mol. The molecule has 3 fully saturated rings. The van der Waals surface area contributed by atoms with E-state index in [0.29, 0.717) is 25.6 Å². The zero-order valence-electron chi connectivity index (χ0n) is 13.1. The van der Waals surface area contributed by atoms with Crippen LogP contribution in [-0.2, 0) is 10.2 Å². The molecular formula is C15H29N3O2S. The van der Waals surface area contributed by atoms with Gasteiger partial charge in [-0.1, -0.05) is 6.92 Å². The van der Waals surface area contributed by atoms with Crippen LogP contribution in [0.5, 0.6) is 0 Å². The van der Waals surface area contributed by atoms with Crippen LogP contribution in [-0.4, -0.2) is 55.3 Å². The molecule has 3 rings (SSSR count). The van der Waals surface area contributed by atoms with E-state index in [4.69, 9.17) is 0 Å². The van der Waals surface area contributed by atoms with Crippen molar-refractivity contribution in [3.05, 3.63) is 0 Å². The lowest BCUT2D eigenvalue weighted by atomic mass is 9.98. The Morgan fingerprint density at radius 3 is 2.29 bits per heavy atom. The maximum Gasteiger partial charge on any atom is 0.282 e. The highest BCUT2D eigenvalue weighted by Crippen LogP contribution is 2.32. The molecule has 0 amide bonds. The van der Waals surface area contributed by atoms with E-state index < -0.39 is 10.2 Å². The summed E-state index contributed by atoms with van der Waals surface area (Å²) in [4.78, 5) is 0. The molecule has 0 unspecified atom stereocenters. The SMILES string of the molecule is CCCN(C1CC1)S(=O)(=O)N1CCC(CNC2CC2)CC1. The van der Waals surface area contributed by atoms with Crippen molar-refractivity contribution >= 4 is 10.2 Å². The van der Waals surface area contributed by atoms with Crippen LogP contribution in [0.3, 0.4) is 0 Å². The molecule has 2 aliphatic carbocycles. The maximum atomic E-state index is 12.8. The predicted octanol–water partition coefficient (Wildman–Crippen LogP) is 1.57. The molecule has 0 spiro atoms. The van der Waals surface area contributed by atoms with Gasteiger partial charge in [0.1, 0.15) is 0 Å². The molecule has 0 aromatic heterocycles. The van der Waals surface area contributed by atoms with Crippen molar-refractivity contribution in [3.8, 4) is 0 Å². The number of nitrogens with zero attached hydrogens (tertiary/aromatic N) is 2. The Hall–Kier alpha value is -0.170. The fraction of sp³-hybridized carbons (Fsp3) is 1.00. The Labute approximate surface area is 129 Å². The van der Waals surface area contributed by atoms with Crippen LogP contribution in [0.25, 0.3) is 0 Å². The molecule has 1 N–H and O–H groups in total. The summed E-state index contributed by atoms with van der Waals surface area (Å²) >= 11 is 0. The Balaban J connectivity index is 1.51. The molecule has 1 heterocycles. The Kier molecular flexibility index (Phi) is 4.88. The summed E-state index contributed by atoms with van der Waals surface area (Å²) in [5.74, 6) is 0.651. The van der Waals surface area contributed by atoms with Crippen molar-refractivity contribution in [1.29, 1.82) is 0 Å². The highest BCUT2D eigenvalue weighted by Gasteiger charge is 2.40. The van der Waals surface area contributed by atoms with Crippen LogP contribution in [0, 0.1) is 5.92 Å². The van der Waals surface area contributed by atoms with Gasteiger partial charge in [-0.3, -0.25) is 0 Å². The highest BCUT2D eigenvalue weighted by molar-refractivity contribution is 7.86. The Morgan fingerprint density at radius 2 is 1.76 bits per heavy atom. The number of nitrogens with one attached hydrogen (secondary N) is 1. The van der Waals surface area contributed by atoms with Crippen LogP contribution in [0.2, 0.25) is 0 Å². The second-order valence-electron chi connectivity index (χ2n) is 6.87. The summed E-state index contributed by atoms with van der Waals surface area (Å²) < 4.78 is 29.0. The normalized spacial score (nSPS) is 25.6. The van der Waals surface area contributed by atoms with Gasteiger partial charge >= 0.3 is 0 Å². The van der Waals surface area contributed by atoms with Crippen molar-refractivity contribution in [2.24, 2.45) is 5.92 Å². The molecule has 3 aliphatic rings. The highest BCUT2D eigenvalue weighted by atomic mass is 32.2. The van der Waals surface area contributed by atoms with Crippen molar-refractivity contribution in [2.45, 2.75) is 64.0 Å². The zero-order valence-corrected chi connectivity index (χ0v) is 13.9. The molecule has 21 heavy (non-hydrogen) atoms. The summed E-state index contributed by atoms with van der Waals surface area (Å²) in [6.45, 7) is 5.20. The summed E-state index contributed by atoms with van der Waals surface area (Å²) in [6.07, 6.45) is 7.63. The fourth-order valence-electron chi connectivity index (χ4n) is 3.18. The van der Waals surface area contributed by atoms with E-state index in [-0.39, 0.29) is 6.04 Å². The lowest BCUT2D eigenvalue weighted by molar-refractivity contribution is 0.247. The molecule has 0 atom stereocenters. The molecule has 122 valence electrons. The lowest BCUT2D eigenvalue weighted by Crippen LogP contribution is -2.49. The summed E-state index contributed by atoms with van der Waals surface area (Å²) in [5, 5.41) is 3.57. The van der Waals surface area contributed by atoms with Gasteiger partial charge in [-0.2, -0.15) is 17.0 Å². The van der Waals surface area contributed by atoms with Gasteiger partial charge in [0.15, 0.2) is 0 Å². The Morgan fingerprint density at radius 1 is 1.10 bits per heavy atom. The van der Waals surface area contributed by atoms with E-state index in [1.807, 2.05) is 0 Å². The second kappa shape index (κ2) is 6.52. The summed E-state index contributed by atoms with van der Waals surface area (Å²) in [7, 11) is -3.22. The topological polar surface area (TPSA) is 52.7 Å². The third-order valence-corrected chi connectivity index (χ3v) is 6.96. The molecule has 1 aliphatic heterocycles. The first-order chi connectivity index (χ1) is 10.1. The smallest absolute Gasteiger partial charge is 0.282 e. The maximum absolute atomic E-state index is 12.8. The van der Waals surface area contributed by atoms with Crippen LogP contribution in [0.4, 0.5) is 0 Å². The third-order valence-electron chi connectivity index (χ3n) is 4.87. The first-order valence-corrected chi connectivity index (χ1v) is 10.0. The Bertz CT molecular complexity index is 438. The van der Waals surface area contributed by atoms with Crippen LogP contribution in [0.15, 0.2) is 0 Å². The van der Waals surface area contributed by atoms with Gasteiger partial charge in [-0.15, -0.1) is 0 Å². The van der Waals surface area contributed by atoms with E-state index in [2.05, 4.69) is 12.2 Å². The molecular weight excluding hydrogens is 286 g/mol. The minimum atomic E-state index is -3.22. The standard InChI is InChI=1S/C15H29N3O2S/c1-2-9-18(15-5-6-15)21(19,20)17-10-7-13(8-11-17)12-16-14-3-4-14/h13-16H,2-12H2,1H3. The largest absolute Gasteiger partial charge is 0.314 e. The van der Waals surface area contributed by atoms with Gasteiger partial charge in [0.25, 0.3) is 10.2 Å². The monoisotopic (exact) mass is 315 g/mol. The first kappa shape index (κ1) is 15.7. The van der Waals surface area contributed by atoms with Gasteiger partial charge < -0.3 is 5.32 Å². The van der Waals surface area contributed by atoms with Gasteiger partial charge in [0, 0.05) is 31.7 Å². The fourth-order valence-corrected chi connectivity index (χ4v) is 5.15. The number of rotatable bonds is 8. The third kappa shape index (κ3) is 3.97. The van der Waals surface area contributed by atoms with Crippen molar-refractivity contribution < 1.29 is 8.42 Å². The van der Waals surface area contributed by atoms with Crippen LogP contribution < -0.4 is 5.32 Å². The van der Waals surface area contributed by atoms with Crippen molar-refractivity contribution in [1.82, 2.24) is 13.9 Å². The molecule has 1 saturated heterocycles. The molecule has 2 saturated carbocycles. The van der Waals surface area contributed by atoms with E-state index in [0.717, 1.165) is 44.7 Å². The van der Waals surface area contributed by atoms with E-state index in [1.54, 1.807) is 8.61 Å². The minimum Gasteiger partial charge on any atom is -0.314 e. The molecule has 0 bridgehead atoms. The zero-order chi connectivity index (χ0) is 14.9.